The number of primary amides is 1. The Hall–Kier alpha value is -2.66. The van der Waals surface area contributed by atoms with E-state index in [-0.39, 0.29) is 18.6 Å². The molecule has 0 aromatic heterocycles. The molecule has 3 rings (SSSR count). The first-order valence-corrected chi connectivity index (χ1v) is 8.41. The number of benzene rings is 2. The second-order valence-corrected chi connectivity index (χ2v) is 6.33. The first kappa shape index (κ1) is 17.2. The van der Waals surface area contributed by atoms with Crippen LogP contribution < -0.4 is 5.73 Å². The lowest BCUT2D eigenvalue weighted by Gasteiger charge is -2.32. The lowest BCUT2D eigenvalue weighted by Crippen LogP contribution is -2.42. The van der Waals surface area contributed by atoms with E-state index in [0.717, 1.165) is 25.1 Å². The first-order valence-electron chi connectivity index (χ1n) is 8.41. The van der Waals surface area contributed by atoms with Crippen molar-refractivity contribution in [3.63, 3.8) is 0 Å². The number of hydrogen-bond acceptors (Lipinski definition) is 4. The molecule has 0 radical (unpaired) electrons. The van der Waals surface area contributed by atoms with Gasteiger partial charge in [-0.05, 0) is 42.2 Å². The van der Waals surface area contributed by atoms with E-state index in [9.17, 15) is 9.59 Å². The number of esters is 1. The van der Waals surface area contributed by atoms with E-state index in [1.54, 1.807) is 24.3 Å². The minimum Gasteiger partial charge on any atom is -0.460 e. The van der Waals surface area contributed by atoms with E-state index in [4.69, 9.17) is 10.5 Å². The molecule has 5 nitrogen and oxygen atoms in total. The molecular weight excluding hydrogens is 316 g/mol. The Kier molecular flexibility index (Phi) is 5.14. The third-order valence-electron chi connectivity index (χ3n) is 4.67. The molecule has 2 N–H and O–H groups in total. The molecule has 5 heteroatoms. The molecule has 1 amide bonds. The fourth-order valence-corrected chi connectivity index (χ4v) is 3.04. The van der Waals surface area contributed by atoms with Gasteiger partial charge < -0.3 is 10.5 Å². The van der Waals surface area contributed by atoms with Gasteiger partial charge in [0, 0.05) is 18.7 Å². The molecule has 0 aliphatic carbocycles. The van der Waals surface area contributed by atoms with Gasteiger partial charge in [-0.3, -0.25) is 14.5 Å². The molecule has 0 spiro atoms. The fraction of sp³-hybridized carbons (Fsp3) is 0.300. The smallest absolute Gasteiger partial charge is 0.323 e. The maximum Gasteiger partial charge on any atom is 0.323 e. The summed E-state index contributed by atoms with van der Waals surface area (Å²) in [6.07, 6.45) is 0.947. The highest BCUT2D eigenvalue weighted by atomic mass is 16.5. The van der Waals surface area contributed by atoms with E-state index in [1.807, 2.05) is 13.0 Å². The van der Waals surface area contributed by atoms with Crippen molar-refractivity contribution in [2.75, 3.05) is 6.54 Å². The minimum absolute atomic E-state index is 0.187. The lowest BCUT2D eigenvalue weighted by atomic mass is 9.99. The predicted molar refractivity (Wildman–Crippen MR) is 94.8 cm³/mol. The van der Waals surface area contributed by atoms with E-state index in [0.29, 0.717) is 5.56 Å². The maximum absolute atomic E-state index is 12.4. The Morgan fingerprint density at radius 3 is 2.48 bits per heavy atom. The number of carbonyl (C=O) groups is 2. The van der Waals surface area contributed by atoms with Crippen LogP contribution in [0.4, 0.5) is 0 Å². The van der Waals surface area contributed by atoms with Gasteiger partial charge in [-0.2, -0.15) is 0 Å². The van der Waals surface area contributed by atoms with Crippen LogP contribution in [0.2, 0.25) is 0 Å². The van der Waals surface area contributed by atoms with Crippen molar-refractivity contribution in [2.45, 2.75) is 32.5 Å². The van der Waals surface area contributed by atoms with Gasteiger partial charge >= 0.3 is 5.97 Å². The fourth-order valence-electron chi connectivity index (χ4n) is 3.04. The van der Waals surface area contributed by atoms with Crippen molar-refractivity contribution in [1.29, 1.82) is 0 Å². The van der Waals surface area contributed by atoms with Crippen molar-refractivity contribution in [2.24, 2.45) is 5.73 Å². The van der Waals surface area contributed by atoms with Crippen LogP contribution in [0.5, 0.6) is 0 Å². The highest BCUT2D eigenvalue weighted by Gasteiger charge is 2.26. The highest BCUT2D eigenvalue weighted by Crippen LogP contribution is 2.20. The average molecular weight is 338 g/mol. The average Bonchev–Trinajstić information content (AvgIpc) is 2.65. The van der Waals surface area contributed by atoms with Crippen LogP contribution in [0.1, 0.15) is 34.0 Å². The van der Waals surface area contributed by atoms with Gasteiger partial charge in [-0.15, -0.1) is 0 Å². The van der Waals surface area contributed by atoms with Gasteiger partial charge in [0.1, 0.15) is 12.6 Å². The number of nitrogens with two attached hydrogens (primary N) is 1. The summed E-state index contributed by atoms with van der Waals surface area (Å²) in [5.41, 5.74) is 9.11. The van der Waals surface area contributed by atoms with E-state index < -0.39 is 5.91 Å². The van der Waals surface area contributed by atoms with Crippen molar-refractivity contribution >= 4 is 11.9 Å². The highest BCUT2D eigenvalue weighted by molar-refractivity contribution is 5.92. The Morgan fingerprint density at radius 2 is 1.80 bits per heavy atom. The van der Waals surface area contributed by atoms with E-state index in [2.05, 4.69) is 23.1 Å². The van der Waals surface area contributed by atoms with Crippen LogP contribution in [0.3, 0.4) is 0 Å². The maximum atomic E-state index is 12.4. The topological polar surface area (TPSA) is 72.6 Å². The summed E-state index contributed by atoms with van der Waals surface area (Å²) in [6, 6.07) is 14.8. The number of rotatable bonds is 5. The van der Waals surface area contributed by atoms with Crippen LogP contribution in [0.15, 0.2) is 48.5 Å². The summed E-state index contributed by atoms with van der Waals surface area (Å²) in [5, 5.41) is 0. The number of fused-ring (bicyclic) bond motifs is 1. The quantitative estimate of drug-likeness (QED) is 0.849. The molecule has 2 aromatic carbocycles. The molecule has 1 aliphatic heterocycles. The van der Waals surface area contributed by atoms with Gasteiger partial charge in [-0.25, -0.2) is 0 Å². The van der Waals surface area contributed by atoms with Crippen molar-refractivity contribution in [3.05, 3.63) is 70.8 Å². The molecule has 2 aromatic rings. The number of ether oxygens (including phenoxy) is 1. The second kappa shape index (κ2) is 7.49. The first-order chi connectivity index (χ1) is 12.0. The SMILES string of the molecule is CC(C(=O)OCc1ccc(C(N)=O)cc1)N1CCc2ccccc2C1. The molecule has 0 fully saturated rings. The monoisotopic (exact) mass is 338 g/mol. The Balaban J connectivity index is 1.55. The molecule has 1 atom stereocenters. The van der Waals surface area contributed by atoms with Crippen molar-refractivity contribution < 1.29 is 14.3 Å². The summed E-state index contributed by atoms with van der Waals surface area (Å²) in [5.74, 6) is -0.707. The number of amides is 1. The summed E-state index contributed by atoms with van der Waals surface area (Å²) >= 11 is 0. The van der Waals surface area contributed by atoms with E-state index >= 15 is 0 Å². The largest absolute Gasteiger partial charge is 0.460 e. The molecule has 1 unspecified atom stereocenters. The van der Waals surface area contributed by atoms with Crippen molar-refractivity contribution in [1.82, 2.24) is 4.90 Å². The zero-order valence-electron chi connectivity index (χ0n) is 14.3. The molecule has 1 heterocycles. The minimum atomic E-state index is -0.470. The molecular formula is C20H22N2O3. The van der Waals surface area contributed by atoms with Gasteiger partial charge in [0.15, 0.2) is 0 Å². The second-order valence-electron chi connectivity index (χ2n) is 6.33. The molecule has 0 bridgehead atoms. The molecule has 0 saturated heterocycles. The molecule has 0 saturated carbocycles. The van der Waals surface area contributed by atoms with Crippen LogP contribution in [0.25, 0.3) is 0 Å². The normalized spacial score (nSPS) is 15.2. The summed E-state index contributed by atoms with van der Waals surface area (Å²) in [6.45, 7) is 3.68. The lowest BCUT2D eigenvalue weighted by molar-refractivity contribution is -0.151. The molecule has 25 heavy (non-hydrogen) atoms. The van der Waals surface area contributed by atoms with E-state index in [1.165, 1.54) is 11.1 Å². The van der Waals surface area contributed by atoms with Gasteiger partial charge in [0.25, 0.3) is 0 Å². The zero-order valence-corrected chi connectivity index (χ0v) is 14.3. The number of hydrogen-bond donors (Lipinski definition) is 1. The Labute approximate surface area is 147 Å². The molecule has 130 valence electrons. The van der Waals surface area contributed by atoms with Crippen LogP contribution in [-0.4, -0.2) is 29.4 Å². The van der Waals surface area contributed by atoms with Gasteiger partial charge in [-0.1, -0.05) is 36.4 Å². The Morgan fingerprint density at radius 1 is 1.12 bits per heavy atom. The zero-order chi connectivity index (χ0) is 17.8. The third kappa shape index (κ3) is 4.06. The van der Waals surface area contributed by atoms with Crippen LogP contribution >= 0.6 is 0 Å². The van der Waals surface area contributed by atoms with Crippen molar-refractivity contribution in [3.8, 4) is 0 Å². The standard InChI is InChI=1S/C20H22N2O3/c1-14(22-11-10-16-4-2-3-5-18(16)12-22)20(24)25-13-15-6-8-17(9-7-15)19(21)23/h2-9,14H,10-13H2,1H3,(H2,21,23). The van der Waals surface area contributed by atoms with Gasteiger partial charge in [0.05, 0.1) is 0 Å². The van der Waals surface area contributed by atoms with Crippen LogP contribution in [-0.2, 0) is 29.1 Å². The summed E-state index contributed by atoms with van der Waals surface area (Å²) < 4.78 is 5.43. The Bertz CT molecular complexity index is 771. The number of carbonyl (C=O) groups excluding carboxylic acids is 2. The summed E-state index contributed by atoms with van der Waals surface area (Å²) in [7, 11) is 0. The van der Waals surface area contributed by atoms with Gasteiger partial charge in [0.2, 0.25) is 5.91 Å². The van der Waals surface area contributed by atoms with Crippen LogP contribution in [0, 0.1) is 0 Å². The summed E-state index contributed by atoms with van der Waals surface area (Å²) in [4.78, 5) is 25.6. The molecule has 1 aliphatic rings. The predicted octanol–water partition coefficient (Wildman–Crippen LogP) is 2.28. The third-order valence-corrected chi connectivity index (χ3v) is 4.67. The number of nitrogens with zero attached hydrogens (tertiary/aromatic N) is 1.